The SMILES string of the molecule is CC1=NN(c2ccccc2)C(=O)C1=Cc1ccccc1Cl. The molecule has 0 radical (unpaired) electrons. The summed E-state index contributed by atoms with van der Waals surface area (Å²) in [5.74, 6) is -0.140. The van der Waals surface area contributed by atoms with Crippen molar-refractivity contribution in [3.8, 4) is 0 Å². The second-order valence-electron chi connectivity index (χ2n) is 4.72. The summed E-state index contributed by atoms with van der Waals surface area (Å²) in [6.07, 6.45) is 1.78. The van der Waals surface area contributed by atoms with Gasteiger partial charge in [-0.3, -0.25) is 4.79 Å². The first-order chi connectivity index (χ1) is 10.2. The zero-order valence-electron chi connectivity index (χ0n) is 11.5. The maximum atomic E-state index is 12.5. The molecule has 1 aliphatic heterocycles. The van der Waals surface area contributed by atoms with Gasteiger partial charge >= 0.3 is 0 Å². The molecule has 1 amide bonds. The van der Waals surface area contributed by atoms with Crippen molar-refractivity contribution in [2.24, 2.45) is 5.10 Å². The van der Waals surface area contributed by atoms with Crippen molar-refractivity contribution in [3.63, 3.8) is 0 Å². The Morgan fingerprint density at radius 2 is 1.71 bits per heavy atom. The Bertz CT molecular complexity index is 750. The van der Waals surface area contributed by atoms with Crippen LogP contribution >= 0.6 is 11.6 Å². The minimum Gasteiger partial charge on any atom is -0.267 e. The quantitative estimate of drug-likeness (QED) is 0.766. The van der Waals surface area contributed by atoms with Crippen molar-refractivity contribution < 1.29 is 4.79 Å². The standard InChI is InChI=1S/C17H13ClN2O/c1-12-15(11-13-7-5-6-10-16(13)18)17(21)20(19-12)14-8-3-2-4-9-14/h2-11H,1H3. The molecule has 4 heteroatoms. The number of hydrogen-bond donors (Lipinski definition) is 0. The number of carbonyl (C=O) groups excluding carboxylic acids is 1. The molecule has 0 saturated heterocycles. The second-order valence-corrected chi connectivity index (χ2v) is 5.12. The van der Waals surface area contributed by atoms with Gasteiger partial charge in [-0.15, -0.1) is 0 Å². The largest absolute Gasteiger partial charge is 0.280 e. The number of benzene rings is 2. The van der Waals surface area contributed by atoms with E-state index in [-0.39, 0.29) is 5.91 Å². The number of hydrazone groups is 1. The lowest BCUT2D eigenvalue weighted by molar-refractivity contribution is -0.114. The van der Waals surface area contributed by atoms with Gasteiger partial charge in [0.2, 0.25) is 0 Å². The van der Waals surface area contributed by atoms with Gasteiger partial charge in [0.05, 0.1) is 17.0 Å². The fourth-order valence-corrected chi connectivity index (χ4v) is 2.37. The predicted molar refractivity (Wildman–Crippen MR) is 86.5 cm³/mol. The van der Waals surface area contributed by atoms with Crippen molar-refractivity contribution in [2.75, 3.05) is 5.01 Å². The molecular formula is C17H13ClN2O. The van der Waals surface area contributed by atoms with Crippen LogP contribution in [0.25, 0.3) is 6.08 Å². The number of amides is 1. The zero-order chi connectivity index (χ0) is 14.8. The van der Waals surface area contributed by atoms with E-state index >= 15 is 0 Å². The van der Waals surface area contributed by atoms with Crippen molar-refractivity contribution >= 4 is 35.0 Å². The molecule has 1 heterocycles. The van der Waals surface area contributed by atoms with E-state index in [0.717, 1.165) is 11.3 Å². The highest BCUT2D eigenvalue weighted by Crippen LogP contribution is 2.26. The predicted octanol–water partition coefficient (Wildman–Crippen LogP) is 4.15. The van der Waals surface area contributed by atoms with Crippen LogP contribution in [0.2, 0.25) is 5.02 Å². The molecular weight excluding hydrogens is 284 g/mol. The fraction of sp³-hybridized carbons (Fsp3) is 0.0588. The van der Waals surface area contributed by atoms with E-state index < -0.39 is 0 Å². The molecule has 2 aromatic rings. The average Bonchev–Trinajstić information content (AvgIpc) is 2.78. The van der Waals surface area contributed by atoms with E-state index in [2.05, 4.69) is 5.10 Å². The summed E-state index contributed by atoms with van der Waals surface area (Å²) in [5, 5.41) is 6.37. The number of anilines is 1. The van der Waals surface area contributed by atoms with Gasteiger partial charge in [0.25, 0.3) is 5.91 Å². The Labute approximate surface area is 128 Å². The van der Waals surface area contributed by atoms with Crippen LogP contribution in [-0.2, 0) is 4.79 Å². The van der Waals surface area contributed by atoms with E-state index in [4.69, 9.17) is 11.6 Å². The monoisotopic (exact) mass is 296 g/mol. The molecule has 2 aromatic carbocycles. The molecule has 104 valence electrons. The second kappa shape index (κ2) is 5.54. The average molecular weight is 297 g/mol. The first kappa shape index (κ1) is 13.6. The zero-order valence-corrected chi connectivity index (χ0v) is 12.2. The third-order valence-corrected chi connectivity index (χ3v) is 3.61. The molecule has 0 atom stereocenters. The van der Waals surface area contributed by atoms with E-state index in [1.165, 1.54) is 5.01 Å². The molecule has 3 nitrogen and oxygen atoms in total. The highest BCUT2D eigenvalue weighted by molar-refractivity contribution is 6.34. The van der Waals surface area contributed by atoms with E-state index in [1.807, 2.05) is 55.5 Å². The summed E-state index contributed by atoms with van der Waals surface area (Å²) >= 11 is 6.14. The van der Waals surface area contributed by atoms with Crippen LogP contribution in [-0.4, -0.2) is 11.6 Å². The summed E-state index contributed by atoms with van der Waals surface area (Å²) < 4.78 is 0. The van der Waals surface area contributed by atoms with E-state index in [0.29, 0.717) is 16.3 Å². The van der Waals surface area contributed by atoms with Crippen molar-refractivity contribution in [3.05, 3.63) is 70.8 Å². The normalized spacial score (nSPS) is 16.5. The third-order valence-electron chi connectivity index (χ3n) is 3.27. The van der Waals surface area contributed by atoms with Gasteiger partial charge in [0.1, 0.15) is 0 Å². The summed E-state index contributed by atoms with van der Waals surface area (Å²) in [7, 11) is 0. The van der Waals surface area contributed by atoms with Gasteiger partial charge in [0.15, 0.2) is 0 Å². The van der Waals surface area contributed by atoms with Gasteiger partial charge in [0, 0.05) is 5.02 Å². The highest BCUT2D eigenvalue weighted by Gasteiger charge is 2.28. The number of nitrogens with zero attached hydrogens (tertiary/aromatic N) is 2. The van der Waals surface area contributed by atoms with Crippen molar-refractivity contribution in [2.45, 2.75) is 6.92 Å². The first-order valence-electron chi connectivity index (χ1n) is 6.58. The lowest BCUT2D eigenvalue weighted by Gasteiger charge is -2.11. The Morgan fingerprint density at radius 3 is 2.43 bits per heavy atom. The van der Waals surface area contributed by atoms with Crippen LogP contribution in [0.5, 0.6) is 0 Å². The van der Waals surface area contributed by atoms with Crippen LogP contribution in [0.15, 0.2) is 65.3 Å². The summed E-state index contributed by atoms with van der Waals surface area (Å²) in [4.78, 5) is 12.5. The number of para-hydroxylation sites is 1. The Hall–Kier alpha value is -2.39. The van der Waals surface area contributed by atoms with Crippen LogP contribution < -0.4 is 5.01 Å². The summed E-state index contributed by atoms with van der Waals surface area (Å²) in [5.41, 5.74) is 2.81. The minimum atomic E-state index is -0.140. The Morgan fingerprint density at radius 1 is 1.05 bits per heavy atom. The van der Waals surface area contributed by atoms with Gasteiger partial charge in [-0.2, -0.15) is 10.1 Å². The van der Waals surface area contributed by atoms with Gasteiger partial charge in [-0.25, -0.2) is 0 Å². The van der Waals surface area contributed by atoms with Crippen LogP contribution in [0.4, 0.5) is 5.69 Å². The maximum Gasteiger partial charge on any atom is 0.280 e. The smallest absolute Gasteiger partial charge is 0.267 e. The van der Waals surface area contributed by atoms with E-state index in [1.54, 1.807) is 12.1 Å². The van der Waals surface area contributed by atoms with Crippen molar-refractivity contribution in [1.29, 1.82) is 0 Å². The lowest BCUT2D eigenvalue weighted by atomic mass is 10.1. The van der Waals surface area contributed by atoms with Crippen LogP contribution in [0, 0.1) is 0 Å². The molecule has 0 fully saturated rings. The molecule has 0 bridgehead atoms. The maximum absolute atomic E-state index is 12.5. The van der Waals surface area contributed by atoms with E-state index in [9.17, 15) is 4.79 Å². The Kier molecular flexibility index (Phi) is 3.59. The fourth-order valence-electron chi connectivity index (χ4n) is 2.18. The number of halogens is 1. The van der Waals surface area contributed by atoms with Crippen LogP contribution in [0.1, 0.15) is 12.5 Å². The number of carbonyl (C=O) groups is 1. The minimum absolute atomic E-state index is 0.140. The summed E-state index contributed by atoms with van der Waals surface area (Å²) in [6.45, 7) is 1.82. The number of rotatable bonds is 2. The van der Waals surface area contributed by atoms with Gasteiger partial charge < -0.3 is 0 Å². The van der Waals surface area contributed by atoms with Gasteiger partial charge in [-0.05, 0) is 36.8 Å². The molecule has 3 rings (SSSR count). The highest BCUT2D eigenvalue weighted by atomic mass is 35.5. The van der Waals surface area contributed by atoms with Gasteiger partial charge in [-0.1, -0.05) is 48.0 Å². The molecule has 0 aromatic heterocycles. The molecule has 1 aliphatic rings. The van der Waals surface area contributed by atoms with Crippen molar-refractivity contribution in [1.82, 2.24) is 0 Å². The number of hydrogen-bond acceptors (Lipinski definition) is 2. The molecule has 0 unspecified atom stereocenters. The topological polar surface area (TPSA) is 32.7 Å². The third kappa shape index (κ3) is 2.60. The Balaban J connectivity index is 1.98. The lowest BCUT2D eigenvalue weighted by Crippen LogP contribution is -2.21. The molecule has 0 spiro atoms. The molecule has 0 saturated carbocycles. The first-order valence-corrected chi connectivity index (χ1v) is 6.96. The molecule has 0 N–H and O–H groups in total. The summed E-state index contributed by atoms with van der Waals surface area (Å²) in [6, 6.07) is 16.8. The van der Waals surface area contributed by atoms with Crippen LogP contribution in [0.3, 0.4) is 0 Å². The molecule has 21 heavy (non-hydrogen) atoms. The molecule has 0 aliphatic carbocycles.